The van der Waals surface area contributed by atoms with Crippen LogP contribution in [-0.4, -0.2) is 26.7 Å². The van der Waals surface area contributed by atoms with E-state index in [1.807, 2.05) is 35.2 Å². The van der Waals surface area contributed by atoms with Crippen LogP contribution >= 0.6 is 0 Å². The fourth-order valence-corrected chi connectivity index (χ4v) is 3.72. The highest BCUT2D eigenvalue weighted by Gasteiger charge is 2.29. The minimum Gasteiger partial charge on any atom is -0.309 e. The van der Waals surface area contributed by atoms with Crippen LogP contribution < -0.4 is 10.5 Å². The Labute approximate surface area is 163 Å². The third-order valence-electron chi connectivity index (χ3n) is 5.06. The number of hydrogen-bond acceptors (Lipinski definition) is 4. The summed E-state index contributed by atoms with van der Waals surface area (Å²) in [5.41, 5.74) is 3.61. The number of carbonyl (C=O) groups excluding carboxylic acids is 1. The van der Waals surface area contributed by atoms with Gasteiger partial charge in [0.05, 0.1) is 5.69 Å². The number of aryl methyl sites for hydroxylation is 1. The van der Waals surface area contributed by atoms with Gasteiger partial charge in [0, 0.05) is 48.7 Å². The maximum atomic E-state index is 12.8. The molecule has 0 bridgehead atoms. The Morgan fingerprint density at radius 2 is 2.00 bits per heavy atom. The molecule has 6 nitrogen and oxygen atoms in total. The molecule has 1 amide bonds. The van der Waals surface area contributed by atoms with Crippen molar-refractivity contribution in [3.05, 3.63) is 76.8 Å². The Balaban J connectivity index is 1.43. The molecular weight excluding hydrogens is 352 g/mol. The Morgan fingerprint density at radius 1 is 1.14 bits per heavy atom. The predicted octanol–water partition coefficient (Wildman–Crippen LogP) is 3.06. The second-order valence-corrected chi connectivity index (χ2v) is 7.07. The van der Waals surface area contributed by atoms with Crippen molar-refractivity contribution in [1.82, 2.24) is 14.8 Å². The molecule has 1 aliphatic rings. The molecule has 0 saturated carbocycles. The average Bonchev–Trinajstić information content (AvgIpc) is 3.05. The zero-order valence-electron chi connectivity index (χ0n) is 15.8. The number of pyridine rings is 1. The van der Waals surface area contributed by atoms with Crippen LogP contribution in [0.4, 0.5) is 5.69 Å². The number of hydrogen-bond donors (Lipinski definition) is 0. The molecule has 2 aromatic heterocycles. The number of rotatable bonds is 5. The number of amides is 1. The van der Waals surface area contributed by atoms with Crippen LogP contribution in [0, 0.1) is 0 Å². The van der Waals surface area contributed by atoms with Crippen molar-refractivity contribution in [2.45, 2.75) is 38.8 Å². The summed E-state index contributed by atoms with van der Waals surface area (Å²) in [6, 6.07) is 15.2. The molecule has 142 valence electrons. The number of fused-ring (bicyclic) bond motifs is 1. The Hall–Kier alpha value is -3.28. The highest BCUT2D eigenvalue weighted by Crippen LogP contribution is 2.32. The number of aromatic nitrogens is 3. The third kappa shape index (κ3) is 3.58. The summed E-state index contributed by atoms with van der Waals surface area (Å²) in [6.45, 7) is 2.48. The van der Waals surface area contributed by atoms with E-state index in [0.29, 0.717) is 25.1 Å². The van der Waals surface area contributed by atoms with Crippen LogP contribution in [0.25, 0.3) is 11.3 Å². The molecule has 4 rings (SSSR count). The topological polar surface area (TPSA) is 68.1 Å². The SMILES string of the molecule is CC1Cc2ccccc2N1C(=O)CCCn1nc(-c2cccnc2)ccc1=O. The van der Waals surface area contributed by atoms with Crippen molar-refractivity contribution < 1.29 is 4.79 Å². The van der Waals surface area contributed by atoms with Gasteiger partial charge in [0.25, 0.3) is 5.56 Å². The summed E-state index contributed by atoms with van der Waals surface area (Å²) >= 11 is 0. The molecule has 0 radical (unpaired) electrons. The second-order valence-electron chi connectivity index (χ2n) is 7.07. The normalized spacial score (nSPS) is 15.5. The van der Waals surface area contributed by atoms with Crippen molar-refractivity contribution in [2.24, 2.45) is 0 Å². The molecule has 3 aromatic rings. The van der Waals surface area contributed by atoms with E-state index in [-0.39, 0.29) is 17.5 Å². The van der Waals surface area contributed by atoms with Crippen LogP contribution in [-0.2, 0) is 17.8 Å². The molecule has 1 unspecified atom stereocenters. The summed E-state index contributed by atoms with van der Waals surface area (Å²) in [5.74, 6) is 0.0916. The van der Waals surface area contributed by atoms with Gasteiger partial charge in [0.1, 0.15) is 0 Å². The largest absolute Gasteiger partial charge is 0.309 e. The highest BCUT2D eigenvalue weighted by atomic mass is 16.2. The Morgan fingerprint density at radius 3 is 2.82 bits per heavy atom. The average molecular weight is 374 g/mol. The third-order valence-corrected chi connectivity index (χ3v) is 5.06. The van der Waals surface area contributed by atoms with E-state index in [4.69, 9.17) is 0 Å². The first-order chi connectivity index (χ1) is 13.6. The lowest BCUT2D eigenvalue weighted by molar-refractivity contribution is -0.119. The fourth-order valence-electron chi connectivity index (χ4n) is 3.72. The molecule has 0 aliphatic carbocycles. The Kier molecular flexibility index (Phi) is 5.02. The van der Waals surface area contributed by atoms with Crippen LogP contribution in [0.2, 0.25) is 0 Å². The maximum absolute atomic E-state index is 12.8. The van der Waals surface area contributed by atoms with Crippen molar-refractivity contribution in [3.63, 3.8) is 0 Å². The number of nitrogens with zero attached hydrogens (tertiary/aromatic N) is 4. The van der Waals surface area contributed by atoms with Gasteiger partial charge in [-0.05, 0) is 49.6 Å². The zero-order chi connectivity index (χ0) is 19.5. The van der Waals surface area contributed by atoms with Gasteiger partial charge < -0.3 is 4.90 Å². The molecule has 3 heterocycles. The monoisotopic (exact) mass is 374 g/mol. The molecule has 0 fully saturated rings. The molecule has 0 saturated heterocycles. The molecule has 1 aromatic carbocycles. The molecule has 0 N–H and O–H groups in total. The lowest BCUT2D eigenvalue weighted by Gasteiger charge is -2.22. The van der Waals surface area contributed by atoms with Gasteiger partial charge in [0.2, 0.25) is 5.91 Å². The van der Waals surface area contributed by atoms with Crippen molar-refractivity contribution >= 4 is 11.6 Å². The van der Waals surface area contributed by atoms with Crippen LogP contribution in [0.1, 0.15) is 25.3 Å². The lowest BCUT2D eigenvalue weighted by atomic mass is 10.1. The molecular formula is C22H22N4O2. The van der Waals surface area contributed by atoms with Gasteiger partial charge >= 0.3 is 0 Å². The van der Waals surface area contributed by atoms with Crippen LogP contribution in [0.5, 0.6) is 0 Å². The van der Waals surface area contributed by atoms with Crippen molar-refractivity contribution in [3.8, 4) is 11.3 Å². The summed E-state index contributed by atoms with van der Waals surface area (Å²) in [6.07, 6.45) is 5.24. The molecule has 1 aliphatic heterocycles. The minimum atomic E-state index is -0.167. The summed E-state index contributed by atoms with van der Waals surface area (Å²) in [5, 5.41) is 4.43. The number of para-hydroxylation sites is 1. The summed E-state index contributed by atoms with van der Waals surface area (Å²) in [4.78, 5) is 30.9. The van der Waals surface area contributed by atoms with Gasteiger partial charge in [-0.2, -0.15) is 5.10 Å². The molecule has 28 heavy (non-hydrogen) atoms. The highest BCUT2D eigenvalue weighted by molar-refractivity contribution is 5.96. The number of carbonyl (C=O) groups is 1. The lowest BCUT2D eigenvalue weighted by Crippen LogP contribution is -2.35. The first kappa shape index (κ1) is 18.1. The molecule has 0 spiro atoms. The van der Waals surface area contributed by atoms with E-state index in [1.165, 1.54) is 16.3 Å². The standard InChI is InChI=1S/C22H22N4O2/c1-16-14-17-6-2-3-8-20(17)26(16)22(28)9-5-13-25-21(27)11-10-19(24-25)18-7-4-12-23-15-18/h2-4,6-8,10-12,15-16H,5,9,13-14H2,1H3. The van der Waals surface area contributed by atoms with E-state index < -0.39 is 0 Å². The van der Waals surface area contributed by atoms with E-state index in [1.54, 1.807) is 18.5 Å². The maximum Gasteiger partial charge on any atom is 0.266 e. The van der Waals surface area contributed by atoms with Crippen molar-refractivity contribution in [1.29, 1.82) is 0 Å². The van der Waals surface area contributed by atoms with Crippen LogP contribution in [0.3, 0.4) is 0 Å². The fraction of sp³-hybridized carbons (Fsp3) is 0.273. The molecule has 1 atom stereocenters. The number of anilines is 1. The smallest absolute Gasteiger partial charge is 0.266 e. The van der Waals surface area contributed by atoms with E-state index >= 15 is 0 Å². The summed E-state index contributed by atoms with van der Waals surface area (Å²) in [7, 11) is 0. The minimum absolute atomic E-state index is 0.0916. The second kappa shape index (κ2) is 7.76. The van der Waals surface area contributed by atoms with Crippen LogP contribution in [0.15, 0.2) is 65.7 Å². The van der Waals surface area contributed by atoms with Crippen molar-refractivity contribution in [2.75, 3.05) is 4.90 Å². The van der Waals surface area contributed by atoms with Gasteiger partial charge in [-0.1, -0.05) is 18.2 Å². The zero-order valence-corrected chi connectivity index (χ0v) is 15.8. The van der Waals surface area contributed by atoms with Gasteiger partial charge in [-0.15, -0.1) is 0 Å². The van der Waals surface area contributed by atoms with Gasteiger partial charge in [0.15, 0.2) is 0 Å². The quantitative estimate of drug-likeness (QED) is 0.688. The van der Waals surface area contributed by atoms with E-state index in [0.717, 1.165) is 17.7 Å². The van der Waals surface area contributed by atoms with Gasteiger partial charge in [-0.3, -0.25) is 14.6 Å². The van der Waals surface area contributed by atoms with Gasteiger partial charge in [-0.25, -0.2) is 4.68 Å². The first-order valence-corrected chi connectivity index (χ1v) is 9.52. The first-order valence-electron chi connectivity index (χ1n) is 9.52. The summed E-state index contributed by atoms with van der Waals surface area (Å²) < 4.78 is 1.43. The predicted molar refractivity (Wildman–Crippen MR) is 108 cm³/mol. The number of benzene rings is 1. The molecule has 6 heteroatoms. The van der Waals surface area contributed by atoms with E-state index in [9.17, 15) is 9.59 Å². The Bertz CT molecular complexity index is 1050. The van der Waals surface area contributed by atoms with E-state index in [2.05, 4.69) is 23.1 Å².